The summed E-state index contributed by atoms with van der Waals surface area (Å²) in [5, 5.41) is 0.517. The van der Waals surface area contributed by atoms with Crippen molar-refractivity contribution in [3.63, 3.8) is 0 Å². The summed E-state index contributed by atoms with van der Waals surface area (Å²) in [6.07, 6.45) is -10.4. The van der Waals surface area contributed by atoms with Gasteiger partial charge < -0.3 is 9.47 Å². The van der Waals surface area contributed by atoms with Crippen molar-refractivity contribution in [2.24, 2.45) is 0 Å². The summed E-state index contributed by atoms with van der Waals surface area (Å²) < 4.78 is 81.0. The van der Waals surface area contributed by atoms with E-state index >= 15 is 0 Å². The first-order chi connectivity index (χ1) is 11.0. The van der Waals surface area contributed by atoms with Crippen molar-refractivity contribution in [1.29, 1.82) is 0 Å². The molecular weight excluding hydrogens is 346 g/mol. The minimum atomic E-state index is -5.20. The first-order valence-corrected chi connectivity index (χ1v) is 6.08. The molecule has 0 saturated carbocycles. The molecule has 0 fully saturated rings. The third kappa shape index (κ3) is 4.15. The van der Waals surface area contributed by atoms with Gasteiger partial charge in [-0.2, -0.15) is 26.3 Å². The Hall–Kier alpha value is -2.78. The van der Waals surface area contributed by atoms with Gasteiger partial charge in [-0.1, -0.05) is 12.1 Å². The van der Waals surface area contributed by atoms with Gasteiger partial charge in [0.2, 0.25) is 0 Å². The highest BCUT2D eigenvalue weighted by molar-refractivity contribution is 5.87. The van der Waals surface area contributed by atoms with Gasteiger partial charge in [-0.05, 0) is 35.0 Å². The molecule has 2 rings (SSSR count). The molecule has 24 heavy (non-hydrogen) atoms. The van der Waals surface area contributed by atoms with Crippen LogP contribution in [0, 0.1) is 0 Å². The summed E-state index contributed by atoms with van der Waals surface area (Å²) in [6.45, 7) is 0. The zero-order valence-electron chi connectivity index (χ0n) is 11.4. The van der Waals surface area contributed by atoms with E-state index in [0.29, 0.717) is 5.39 Å². The minimum Gasteiger partial charge on any atom is -0.420 e. The van der Waals surface area contributed by atoms with Gasteiger partial charge >= 0.3 is 24.3 Å². The fourth-order valence-corrected chi connectivity index (χ4v) is 1.66. The maximum atomic E-state index is 12.1. The molecule has 10 heteroatoms. The third-order valence-electron chi connectivity index (χ3n) is 2.67. The molecule has 0 saturated heterocycles. The van der Waals surface area contributed by atoms with Crippen molar-refractivity contribution in [3.8, 4) is 11.5 Å². The summed E-state index contributed by atoms with van der Waals surface area (Å²) >= 11 is 0. The van der Waals surface area contributed by atoms with Gasteiger partial charge in [0.1, 0.15) is 11.5 Å². The lowest BCUT2D eigenvalue weighted by atomic mass is 10.1. The van der Waals surface area contributed by atoms with E-state index in [0.717, 1.165) is 24.3 Å². The maximum Gasteiger partial charge on any atom is 0.491 e. The summed E-state index contributed by atoms with van der Waals surface area (Å²) in [6, 6.07) is 6.70. The van der Waals surface area contributed by atoms with Crippen LogP contribution in [0.25, 0.3) is 10.8 Å². The number of hydrogen-bond acceptors (Lipinski definition) is 4. The summed E-state index contributed by atoms with van der Waals surface area (Å²) in [4.78, 5) is 21.5. The lowest BCUT2D eigenvalue weighted by Gasteiger charge is -2.09. The highest BCUT2D eigenvalue weighted by atomic mass is 19.4. The number of fused-ring (bicyclic) bond motifs is 1. The van der Waals surface area contributed by atoms with Gasteiger partial charge in [-0.25, -0.2) is 9.59 Å². The van der Waals surface area contributed by atoms with Crippen LogP contribution in [-0.2, 0) is 9.59 Å². The highest BCUT2D eigenvalue weighted by Crippen LogP contribution is 2.28. The SMILES string of the molecule is O=C(Oc1ccc2ccc(OC(=O)C(F)(F)F)cc2c1)C(F)(F)F. The smallest absolute Gasteiger partial charge is 0.420 e. The predicted molar refractivity (Wildman–Crippen MR) is 67.3 cm³/mol. The van der Waals surface area contributed by atoms with E-state index in [2.05, 4.69) is 9.47 Å². The second-order valence-electron chi connectivity index (χ2n) is 4.45. The highest BCUT2D eigenvalue weighted by Gasteiger charge is 2.42. The first kappa shape index (κ1) is 17.6. The summed E-state index contributed by atoms with van der Waals surface area (Å²) in [5.41, 5.74) is 0. The number of halogens is 6. The fourth-order valence-electron chi connectivity index (χ4n) is 1.66. The van der Waals surface area contributed by atoms with Gasteiger partial charge in [0.25, 0.3) is 0 Å². The Morgan fingerprint density at radius 1 is 0.667 bits per heavy atom. The molecule has 128 valence electrons. The Labute approximate surface area is 129 Å². The van der Waals surface area contributed by atoms with Crippen molar-refractivity contribution >= 4 is 22.7 Å². The molecule has 0 radical (unpaired) electrons. The molecule has 0 amide bonds. The second kappa shape index (κ2) is 6.02. The quantitative estimate of drug-likeness (QED) is 0.469. The van der Waals surface area contributed by atoms with E-state index in [1.807, 2.05) is 0 Å². The van der Waals surface area contributed by atoms with Crippen molar-refractivity contribution in [3.05, 3.63) is 36.4 Å². The number of benzene rings is 2. The molecule has 4 nitrogen and oxygen atoms in total. The van der Waals surface area contributed by atoms with E-state index in [1.54, 1.807) is 0 Å². The zero-order chi connectivity index (χ0) is 18.1. The van der Waals surface area contributed by atoms with Gasteiger partial charge in [-0.3, -0.25) is 0 Å². The summed E-state index contributed by atoms with van der Waals surface area (Å²) in [5.74, 6) is -5.82. The molecule has 2 aromatic carbocycles. The molecule has 0 spiro atoms. The second-order valence-corrected chi connectivity index (χ2v) is 4.45. The zero-order valence-corrected chi connectivity index (χ0v) is 11.4. The van der Waals surface area contributed by atoms with Gasteiger partial charge in [0.15, 0.2) is 0 Å². The van der Waals surface area contributed by atoms with Crippen molar-refractivity contribution in [1.82, 2.24) is 0 Å². The standard InChI is InChI=1S/C14H6F6O4/c15-13(16,17)11(21)23-9-3-1-7-2-4-10(6-8(7)5-9)24-12(22)14(18,19)20/h1-6H. The van der Waals surface area contributed by atoms with Crippen LogP contribution in [-0.4, -0.2) is 24.3 Å². The van der Waals surface area contributed by atoms with E-state index in [4.69, 9.17) is 0 Å². The van der Waals surface area contributed by atoms with Crippen LogP contribution in [0.1, 0.15) is 0 Å². The Bertz CT molecular complexity index is 731. The van der Waals surface area contributed by atoms with Crippen LogP contribution < -0.4 is 9.47 Å². The predicted octanol–water partition coefficient (Wildman–Crippen LogP) is 3.78. The Kier molecular flexibility index (Phi) is 4.41. The molecule has 0 aliphatic heterocycles. The van der Waals surface area contributed by atoms with E-state index in [1.165, 1.54) is 12.1 Å². The number of hydrogen-bond donors (Lipinski definition) is 0. The Morgan fingerprint density at radius 3 is 1.38 bits per heavy atom. The Morgan fingerprint density at radius 2 is 1.04 bits per heavy atom. The van der Waals surface area contributed by atoms with Gasteiger partial charge in [0.05, 0.1) is 0 Å². The monoisotopic (exact) mass is 352 g/mol. The topological polar surface area (TPSA) is 52.6 Å². The Balaban J connectivity index is 2.28. The number of esters is 2. The van der Waals surface area contributed by atoms with Crippen LogP contribution in [0.15, 0.2) is 36.4 Å². The molecule has 0 aliphatic carbocycles. The van der Waals surface area contributed by atoms with Gasteiger partial charge in [-0.15, -0.1) is 0 Å². The maximum absolute atomic E-state index is 12.1. The van der Waals surface area contributed by atoms with E-state index < -0.39 is 35.8 Å². The molecule has 0 atom stereocenters. The molecule has 2 aromatic rings. The number of ether oxygens (including phenoxy) is 2. The van der Waals surface area contributed by atoms with Crippen molar-refractivity contribution < 1.29 is 45.4 Å². The minimum absolute atomic E-state index is 0.106. The van der Waals surface area contributed by atoms with E-state index in [9.17, 15) is 35.9 Å². The van der Waals surface area contributed by atoms with Crippen LogP contribution in [0.2, 0.25) is 0 Å². The number of carbonyl (C=O) groups is 2. The summed E-state index contributed by atoms with van der Waals surface area (Å²) in [7, 11) is 0. The lowest BCUT2D eigenvalue weighted by Crippen LogP contribution is -2.28. The molecular formula is C14H6F6O4. The lowest BCUT2D eigenvalue weighted by molar-refractivity contribution is -0.189. The molecule has 0 bridgehead atoms. The van der Waals surface area contributed by atoms with Crippen LogP contribution in [0.3, 0.4) is 0 Å². The molecule has 0 aliphatic rings. The molecule has 0 N–H and O–H groups in total. The number of carbonyl (C=O) groups excluding carboxylic acids is 2. The molecule has 0 unspecified atom stereocenters. The average molecular weight is 352 g/mol. The molecule has 0 aromatic heterocycles. The van der Waals surface area contributed by atoms with Crippen LogP contribution in [0.4, 0.5) is 26.3 Å². The van der Waals surface area contributed by atoms with Crippen molar-refractivity contribution in [2.75, 3.05) is 0 Å². The van der Waals surface area contributed by atoms with Crippen LogP contribution in [0.5, 0.6) is 11.5 Å². The normalized spacial score (nSPS) is 12.1. The fraction of sp³-hybridized carbons (Fsp3) is 0.143. The number of rotatable bonds is 2. The van der Waals surface area contributed by atoms with Crippen LogP contribution >= 0.6 is 0 Å². The van der Waals surface area contributed by atoms with E-state index in [-0.39, 0.29) is 5.39 Å². The largest absolute Gasteiger partial charge is 0.491 e. The van der Waals surface area contributed by atoms with Crippen molar-refractivity contribution in [2.45, 2.75) is 12.4 Å². The first-order valence-electron chi connectivity index (χ1n) is 6.08. The molecule has 0 heterocycles. The average Bonchev–Trinajstić information content (AvgIpc) is 2.44. The third-order valence-corrected chi connectivity index (χ3v) is 2.67. The number of alkyl halides is 6. The van der Waals surface area contributed by atoms with Gasteiger partial charge in [0, 0.05) is 0 Å².